The van der Waals surface area contributed by atoms with Gasteiger partial charge in [0.25, 0.3) is 5.91 Å². The van der Waals surface area contributed by atoms with Gasteiger partial charge in [0.1, 0.15) is 26.4 Å². The van der Waals surface area contributed by atoms with Crippen molar-refractivity contribution in [3.8, 4) is 0 Å². The second-order valence-corrected chi connectivity index (χ2v) is 33.8. The van der Waals surface area contributed by atoms with Crippen LogP contribution in [0.3, 0.4) is 0 Å². The van der Waals surface area contributed by atoms with Crippen LogP contribution in [0.5, 0.6) is 0 Å². The first kappa shape index (κ1) is 55.3. The Morgan fingerprint density at radius 3 is 1.80 bits per heavy atom. The monoisotopic (exact) mass is 1080 g/mol. The van der Waals surface area contributed by atoms with E-state index in [4.69, 9.17) is 10.5 Å². The molecule has 0 bridgehead atoms. The molecule has 4 aliphatic rings. The minimum atomic E-state index is -2.96. The van der Waals surface area contributed by atoms with Crippen LogP contribution in [-0.2, 0) is 56.8 Å². The molecule has 18 nitrogen and oxygen atoms in total. The maximum Gasteiger partial charge on any atom is 0.356 e. The van der Waals surface area contributed by atoms with Crippen LogP contribution in [0.25, 0.3) is 0 Å². The molecule has 10 rings (SSSR count). The fraction of sp³-hybridized carbons (Fsp3) is 0.519. The number of aromatic amines is 1. The maximum atomic E-state index is 13.0. The highest BCUT2D eigenvalue weighted by Crippen LogP contribution is 2.40. The van der Waals surface area contributed by atoms with Crippen molar-refractivity contribution in [2.75, 3.05) is 40.7 Å². The van der Waals surface area contributed by atoms with Gasteiger partial charge in [0.15, 0.2) is 11.4 Å². The molecule has 21 heteroatoms. The predicted molar refractivity (Wildman–Crippen MR) is 293 cm³/mol. The van der Waals surface area contributed by atoms with Crippen LogP contribution in [0, 0.1) is 22.7 Å². The van der Waals surface area contributed by atoms with Crippen LogP contribution < -0.4 is 11.1 Å². The van der Waals surface area contributed by atoms with E-state index in [0.717, 1.165) is 72.0 Å². The normalized spacial score (nSPS) is 19.3. The number of benzene rings is 2. The molecule has 5 N–H and O–H groups in total. The molecular formula is C54H74N10O8S2Si. The second-order valence-electron chi connectivity index (χ2n) is 23.6. The summed E-state index contributed by atoms with van der Waals surface area (Å²) >= 11 is 0. The summed E-state index contributed by atoms with van der Waals surface area (Å²) in [5, 5.41) is 32.7. The van der Waals surface area contributed by atoms with Gasteiger partial charge in [-0.2, -0.15) is 20.4 Å². The van der Waals surface area contributed by atoms with Gasteiger partial charge in [0.05, 0.1) is 58.9 Å². The fourth-order valence-corrected chi connectivity index (χ4v) is 14.8. The average molecular weight is 1080 g/mol. The first-order valence-electron chi connectivity index (χ1n) is 26.0. The predicted octanol–water partition coefficient (Wildman–Crippen LogP) is 8.30. The van der Waals surface area contributed by atoms with Crippen molar-refractivity contribution in [2.45, 2.75) is 124 Å². The number of nitrogens with two attached hydrogens (primary N) is 1. The zero-order valence-electron chi connectivity index (χ0n) is 44.3. The zero-order valence-corrected chi connectivity index (χ0v) is 47.0. The van der Waals surface area contributed by atoms with Gasteiger partial charge < -0.3 is 20.9 Å². The Morgan fingerprint density at radius 2 is 1.28 bits per heavy atom. The lowest BCUT2D eigenvalue weighted by Crippen LogP contribution is -2.30. The molecule has 6 heterocycles. The molecule has 0 saturated carbocycles. The zero-order chi connectivity index (χ0) is 53.9. The number of carbonyl (C=O) groups excluding carboxylic acids is 1. The standard InChI is InChI=1S/C24H29N5O3S.C15H19N3O2S.C15H26N2O3Si/c1-24(2)12-19-20(13-24)27-28-21(19)23(30)26-18-14-25-29(15-18)22(16-6-4-3-5-7-16)17-8-10-33(31,32)11-9-17;16-14-10-17-18(11-14)15(12-4-2-1-3-5-12)13-6-8-21(19,20)9-7-13;1-15(2)8-11-12(9-15)17(16-13(11)14(18)19)10-20-6-7-21(3,4)5/h3-7,14-15,17,22H,8-13H2,1-2H3,(H,26,30)(H,27,28);1-5,10-11,13,15H,6-9,16H2;6-10H2,1-5H3,(H,18,19). The van der Waals surface area contributed by atoms with E-state index in [1.165, 1.54) is 0 Å². The van der Waals surface area contributed by atoms with Crippen molar-refractivity contribution in [2.24, 2.45) is 22.7 Å². The van der Waals surface area contributed by atoms with Crippen molar-refractivity contribution in [1.29, 1.82) is 0 Å². The number of sulfone groups is 2. The summed E-state index contributed by atoms with van der Waals surface area (Å²) in [6, 6.07) is 21.1. The van der Waals surface area contributed by atoms with Gasteiger partial charge in [-0.3, -0.25) is 19.3 Å². The first-order chi connectivity index (χ1) is 35.3. The van der Waals surface area contributed by atoms with Crippen molar-refractivity contribution in [1.82, 2.24) is 39.5 Å². The molecule has 2 aliphatic heterocycles. The number of nitrogens with zero attached hydrogens (tertiary/aromatic N) is 7. The number of carbonyl (C=O) groups is 2. The smallest absolute Gasteiger partial charge is 0.356 e. The summed E-state index contributed by atoms with van der Waals surface area (Å²) in [6.07, 6.45) is 12.8. The Labute approximate surface area is 442 Å². The first-order valence-corrected chi connectivity index (χ1v) is 33.3. The van der Waals surface area contributed by atoms with Crippen molar-refractivity contribution in [3.05, 3.63) is 130 Å². The molecule has 0 radical (unpaired) electrons. The number of hydrogen-bond donors (Lipinski definition) is 4. The fourth-order valence-electron chi connectivity index (χ4n) is 10.9. The number of aromatic carboxylic acids is 1. The molecule has 6 aromatic rings. The molecule has 2 saturated heterocycles. The number of nitrogens with one attached hydrogen (secondary N) is 2. The van der Waals surface area contributed by atoms with Crippen LogP contribution in [0.4, 0.5) is 11.4 Å². The highest BCUT2D eigenvalue weighted by molar-refractivity contribution is 7.91. The van der Waals surface area contributed by atoms with E-state index in [1.807, 2.05) is 70.3 Å². The third-order valence-electron chi connectivity index (χ3n) is 14.8. The summed E-state index contributed by atoms with van der Waals surface area (Å²) in [7, 11) is -6.92. The van der Waals surface area contributed by atoms with Gasteiger partial charge in [-0.25, -0.2) is 26.3 Å². The number of ether oxygens (including phenoxy) is 1. The van der Waals surface area contributed by atoms with Crippen molar-refractivity contribution in [3.63, 3.8) is 0 Å². The maximum absolute atomic E-state index is 13.0. The van der Waals surface area contributed by atoms with Gasteiger partial charge >= 0.3 is 5.97 Å². The number of nitrogen functional groups attached to an aromatic ring is 1. The molecule has 2 atom stereocenters. The molecule has 404 valence electrons. The van der Waals surface area contributed by atoms with Crippen LogP contribution in [0.15, 0.2) is 85.5 Å². The summed E-state index contributed by atoms with van der Waals surface area (Å²) in [5.41, 5.74) is 14.1. The van der Waals surface area contributed by atoms with E-state index >= 15 is 0 Å². The summed E-state index contributed by atoms with van der Waals surface area (Å²) in [4.78, 5) is 24.3. The van der Waals surface area contributed by atoms with Gasteiger partial charge in [-0.1, -0.05) is 108 Å². The lowest BCUT2D eigenvalue weighted by molar-refractivity contribution is 0.0664. The SMILES string of the molecule is CC1(C)Cc2[nH]nc(C(=O)Nc3cnn(C(c4ccccc4)C4CCS(=O)(=O)CC4)c3)c2C1.CC1(C)Cc2c(C(=O)O)nn(COCC[Si](C)(C)C)c2C1.Nc1cnn(C(c2ccccc2)C2CCS(=O)(=O)CC2)c1. The van der Waals surface area contributed by atoms with Crippen molar-refractivity contribution < 1.29 is 36.3 Å². The van der Waals surface area contributed by atoms with Gasteiger partial charge in [-0.15, -0.1) is 0 Å². The third kappa shape index (κ3) is 14.1. The Morgan fingerprint density at radius 1 is 0.760 bits per heavy atom. The highest BCUT2D eigenvalue weighted by atomic mass is 32.2. The number of aromatic nitrogens is 8. The third-order valence-corrected chi connectivity index (χ3v) is 19.9. The number of anilines is 2. The Bertz CT molecular complexity index is 3150. The number of carboxylic acid groups (broad SMARTS) is 1. The quantitative estimate of drug-likeness (QED) is 0.0592. The van der Waals surface area contributed by atoms with Gasteiger partial charge in [0, 0.05) is 49.6 Å². The topological polar surface area (TPSA) is 252 Å². The number of hydrogen-bond acceptors (Lipinski definition) is 12. The van der Waals surface area contributed by atoms with E-state index in [9.17, 15) is 31.5 Å². The molecule has 2 aromatic carbocycles. The van der Waals surface area contributed by atoms with E-state index in [2.05, 4.69) is 90.3 Å². The largest absolute Gasteiger partial charge is 0.476 e. The number of H-pyrrole nitrogens is 1. The minimum absolute atomic E-state index is 0.0407. The molecule has 4 aromatic heterocycles. The molecule has 2 unspecified atom stereocenters. The van der Waals surface area contributed by atoms with E-state index < -0.39 is 33.7 Å². The molecule has 2 fully saturated rings. The van der Waals surface area contributed by atoms with Crippen LogP contribution in [0.1, 0.15) is 120 Å². The number of amides is 1. The summed E-state index contributed by atoms with van der Waals surface area (Å²) in [6.45, 7) is 16.7. The van der Waals surface area contributed by atoms with Gasteiger partial charge in [-0.05, 0) is 91.2 Å². The van der Waals surface area contributed by atoms with E-state index in [-0.39, 0.29) is 69.4 Å². The molecule has 0 spiro atoms. The highest BCUT2D eigenvalue weighted by Gasteiger charge is 2.38. The average Bonchev–Trinajstić information content (AvgIpc) is 4.21. The molecule has 1 amide bonds. The van der Waals surface area contributed by atoms with Gasteiger partial charge in [0.2, 0.25) is 0 Å². The van der Waals surface area contributed by atoms with E-state index in [1.54, 1.807) is 17.1 Å². The second kappa shape index (κ2) is 22.4. The molecule has 2 aliphatic carbocycles. The van der Waals surface area contributed by atoms with Crippen molar-refractivity contribution >= 4 is 51.0 Å². The summed E-state index contributed by atoms with van der Waals surface area (Å²) in [5.74, 6) is 0.148. The number of rotatable bonds is 14. The summed E-state index contributed by atoms with van der Waals surface area (Å²) < 4.78 is 58.4. The number of carboxylic acids is 1. The van der Waals surface area contributed by atoms with Crippen LogP contribution in [0.2, 0.25) is 25.7 Å². The number of fused-ring (bicyclic) bond motifs is 2. The Hall–Kier alpha value is -5.90. The van der Waals surface area contributed by atoms with Crippen LogP contribution in [-0.4, -0.2) is 111 Å². The van der Waals surface area contributed by atoms with E-state index in [0.29, 0.717) is 49.5 Å². The molecule has 75 heavy (non-hydrogen) atoms. The minimum Gasteiger partial charge on any atom is -0.476 e. The lowest BCUT2D eigenvalue weighted by atomic mass is 9.88. The Balaban J connectivity index is 0.000000156. The molecular weight excluding hydrogens is 1010 g/mol. The lowest BCUT2D eigenvalue weighted by Gasteiger charge is -2.30. The Kier molecular flexibility index (Phi) is 16.5. The van der Waals surface area contributed by atoms with Crippen LogP contribution >= 0.6 is 0 Å².